The number of hydrogen-bond acceptors (Lipinski definition) is 6. The van der Waals surface area contributed by atoms with Crippen molar-refractivity contribution < 1.29 is 29.6 Å². The summed E-state index contributed by atoms with van der Waals surface area (Å²) in [5, 5.41) is 30.2. The SMILES string of the molecule is COc1cc(O)c2c(c1)C(=O)[C@H]1C[C@](C)(O)[C@H](O)C[C@@H]1C2=O. The minimum atomic E-state index is -1.41. The molecule has 22 heavy (non-hydrogen) atoms. The maximum atomic E-state index is 12.7. The summed E-state index contributed by atoms with van der Waals surface area (Å²) in [7, 11) is 1.40. The Kier molecular flexibility index (Phi) is 3.27. The highest BCUT2D eigenvalue weighted by Crippen LogP contribution is 2.46. The van der Waals surface area contributed by atoms with Gasteiger partial charge in [0.2, 0.25) is 0 Å². The van der Waals surface area contributed by atoms with E-state index in [1.807, 2.05) is 0 Å². The molecule has 1 aromatic carbocycles. The molecule has 1 fully saturated rings. The van der Waals surface area contributed by atoms with Gasteiger partial charge in [0.1, 0.15) is 11.5 Å². The van der Waals surface area contributed by atoms with Gasteiger partial charge in [0.15, 0.2) is 11.6 Å². The second kappa shape index (κ2) is 4.79. The molecule has 0 amide bonds. The van der Waals surface area contributed by atoms with Crippen LogP contribution in [0, 0.1) is 11.8 Å². The smallest absolute Gasteiger partial charge is 0.171 e. The molecule has 0 aromatic heterocycles. The molecule has 4 atom stereocenters. The summed E-state index contributed by atoms with van der Waals surface area (Å²) in [5.41, 5.74) is -1.30. The first kappa shape index (κ1) is 15.0. The minimum Gasteiger partial charge on any atom is -0.507 e. The number of fused-ring (bicyclic) bond motifs is 2. The van der Waals surface area contributed by atoms with E-state index in [0.29, 0.717) is 5.75 Å². The number of benzene rings is 1. The predicted octanol–water partition coefficient (Wildman–Crippen LogP) is 0.918. The van der Waals surface area contributed by atoms with Gasteiger partial charge in [0, 0.05) is 23.5 Å². The van der Waals surface area contributed by atoms with E-state index >= 15 is 0 Å². The number of aliphatic hydroxyl groups is 2. The molecule has 2 aliphatic rings. The number of ether oxygens (including phenoxy) is 1. The van der Waals surface area contributed by atoms with Crippen LogP contribution in [0.1, 0.15) is 40.5 Å². The first-order valence-corrected chi connectivity index (χ1v) is 7.16. The first-order chi connectivity index (χ1) is 10.3. The minimum absolute atomic E-state index is 0.00709. The normalized spacial score (nSPS) is 34.1. The molecule has 0 aliphatic heterocycles. The molecule has 1 aromatic rings. The van der Waals surface area contributed by atoms with E-state index in [2.05, 4.69) is 0 Å². The molecule has 0 saturated heterocycles. The third kappa shape index (κ3) is 2.02. The lowest BCUT2D eigenvalue weighted by Gasteiger charge is -2.43. The fourth-order valence-electron chi connectivity index (χ4n) is 3.50. The number of aromatic hydroxyl groups is 1. The number of hydrogen-bond donors (Lipinski definition) is 3. The summed E-state index contributed by atoms with van der Waals surface area (Å²) >= 11 is 0. The van der Waals surface area contributed by atoms with Crippen molar-refractivity contribution in [3.05, 3.63) is 23.3 Å². The molecule has 0 heterocycles. The topological polar surface area (TPSA) is 104 Å². The van der Waals surface area contributed by atoms with Gasteiger partial charge < -0.3 is 20.1 Å². The van der Waals surface area contributed by atoms with Gasteiger partial charge in [-0.1, -0.05) is 0 Å². The number of ketones is 2. The van der Waals surface area contributed by atoms with Crippen LogP contribution in [0.4, 0.5) is 0 Å². The third-order valence-corrected chi connectivity index (χ3v) is 4.83. The largest absolute Gasteiger partial charge is 0.507 e. The number of carbonyl (C=O) groups excluding carboxylic acids is 2. The molecular weight excluding hydrogens is 288 g/mol. The van der Waals surface area contributed by atoms with Crippen molar-refractivity contribution in [1.29, 1.82) is 0 Å². The maximum Gasteiger partial charge on any atom is 0.171 e. The number of Topliss-reactive ketones (excluding diaryl/α,β-unsaturated/α-hetero) is 2. The Morgan fingerprint density at radius 1 is 1.23 bits per heavy atom. The zero-order chi connectivity index (χ0) is 16.2. The van der Waals surface area contributed by atoms with Gasteiger partial charge in [-0.2, -0.15) is 0 Å². The summed E-state index contributed by atoms with van der Waals surface area (Å²) < 4.78 is 5.03. The van der Waals surface area contributed by atoms with E-state index < -0.39 is 23.5 Å². The Labute approximate surface area is 127 Å². The summed E-state index contributed by atoms with van der Waals surface area (Å²) in [6.07, 6.45) is -1.05. The lowest BCUT2D eigenvalue weighted by molar-refractivity contribution is -0.107. The van der Waals surface area contributed by atoms with Crippen molar-refractivity contribution in [3.63, 3.8) is 0 Å². The summed E-state index contributed by atoms with van der Waals surface area (Å²) in [4.78, 5) is 25.3. The Bertz CT molecular complexity index is 663. The Morgan fingerprint density at radius 3 is 2.55 bits per heavy atom. The summed E-state index contributed by atoms with van der Waals surface area (Å²) in [6.45, 7) is 1.46. The average Bonchev–Trinajstić information content (AvgIpc) is 2.46. The number of carbonyl (C=O) groups is 2. The van der Waals surface area contributed by atoms with Crippen LogP contribution < -0.4 is 4.74 Å². The summed E-state index contributed by atoms with van der Waals surface area (Å²) in [6, 6.07) is 2.73. The molecule has 1 saturated carbocycles. The number of phenolic OH excluding ortho intramolecular Hbond substituents is 1. The van der Waals surface area contributed by atoms with E-state index in [1.165, 1.54) is 26.2 Å². The van der Waals surface area contributed by atoms with E-state index in [0.717, 1.165) is 0 Å². The highest BCUT2D eigenvalue weighted by Gasteiger charge is 2.52. The van der Waals surface area contributed by atoms with Gasteiger partial charge >= 0.3 is 0 Å². The van der Waals surface area contributed by atoms with Gasteiger partial charge in [-0.3, -0.25) is 9.59 Å². The number of rotatable bonds is 1. The van der Waals surface area contributed by atoms with E-state index in [9.17, 15) is 24.9 Å². The second-order valence-electron chi connectivity index (χ2n) is 6.32. The van der Waals surface area contributed by atoms with Gasteiger partial charge in [0.05, 0.1) is 24.4 Å². The van der Waals surface area contributed by atoms with Crippen molar-refractivity contribution >= 4 is 11.6 Å². The van der Waals surface area contributed by atoms with Crippen molar-refractivity contribution in [2.75, 3.05) is 7.11 Å². The van der Waals surface area contributed by atoms with Gasteiger partial charge in [-0.25, -0.2) is 0 Å². The molecular formula is C16H18O6. The third-order valence-electron chi connectivity index (χ3n) is 4.83. The molecule has 118 valence electrons. The van der Waals surface area contributed by atoms with E-state index in [1.54, 1.807) is 0 Å². The van der Waals surface area contributed by atoms with Gasteiger partial charge in [-0.15, -0.1) is 0 Å². The van der Waals surface area contributed by atoms with E-state index in [-0.39, 0.29) is 41.3 Å². The van der Waals surface area contributed by atoms with Gasteiger partial charge in [-0.05, 0) is 25.8 Å². The number of aliphatic hydroxyl groups excluding tert-OH is 1. The van der Waals surface area contributed by atoms with E-state index in [4.69, 9.17) is 4.74 Å². The molecule has 6 nitrogen and oxygen atoms in total. The van der Waals surface area contributed by atoms with Crippen LogP contribution in [0.3, 0.4) is 0 Å². The maximum absolute atomic E-state index is 12.7. The van der Waals surface area contributed by atoms with Crippen LogP contribution in [0.5, 0.6) is 11.5 Å². The highest BCUT2D eigenvalue weighted by atomic mass is 16.5. The number of phenols is 1. The fraction of sp³-hybridized carbons (Fsp3) is 0.500. The first-order valence-electron chi connectivity index (χ1n) is 7.16. The van der Waals surface area contributed by atoms with Crippen LogP contribution in [0.15, 0.2) is 12.1 Å². The van der Waals surface area contributed by atoms with Crippen LogP contribution in [-0.2, 0) is 0 Å². The van der Waals surface area contributed by atoms with Crippen LogP contribution in [0.2, 0.25) is 0 Å². The Morgan fingerprint density at radius 2 is 1.91 bits per heavy atom. The van der Waals surface area contributed by atoms with Crippen molar-refractivity contribution in [1.82, 2.24) is 0 Å². The standard InChI is InChI=1S/C16H18O6/c1-16(21)6-10-8(5-12(16)18)15(20)13-9(14(10)19)3-7(22-2)4-11(13)17/h3-4,8,10,12,17-18,21H,5-6H2,1-2H3/t8-,10-,12+,16-/m0/s1. The van der Waals surface area contributed by atoms with Crippen LogP contribution >= 0.6 is 0 Å². The molecule has 2 aliphatic carbocycles. The highest BCUT2D eigenvalue weighted by molar-refractivity contribution is 6.17. The summed E-state index contributed by atoms with van der Waals surface area (Å²) in [5.74, 6) is -2.08. The zero-order valence-corrected chi connectivity index (χ0v) is 12.4. The quantitative estimate of drug-likeness (QED) is 0.712. The molecule has 0 spiro atoms. The number of methoxy groups -OCH3 is 1. The van der Waals surface area contributed by atoms with Crippen molar-refractivity contribution in [2.24, 2.45) is 11.8 Å². The van der Waals surface area contributed by atoms with Crippen LogP contribution in [-0.4, -0.2) is 45.7 Å². The van der Waals surface area contributed by atoms with Crippen molar-refractivity contribution in [3.8, 4) is 11.5 Å². The lowest BCUT2D eigenvalue weighted by Crippen LogP contribution is -2.53. The van der Waals surface area contributed by atoms with Crippen LogP contribution in [0.25, 0.3) is 0 Å². The van der Waals surface area contributed by atoms with Crippen molar-refractivity contribution in [2.45, 2.75) is 31.5 Å². The van der Waals surface area contributed by atoms with Gasteiger partial charge in [0.25, 0.3) is 0 Å². The molecule has 0 radical (unpaired) electrons. The Balaban J connectivity index is 2.12. The molecule has 3 rings (SSSR count). The average molecular weight is 306 g/mol. The Hall–Kier alpha value is -1.92. The molecule has 0 unspecified atom stereocenters. The second-order valence-corrected chi connectivity index (χ2v) is 6.32. The molecule has 3 N–H and O–H groups in total. The molecule has 0 bridgehead atoms. The lowest BCUT2D eigenvalue weighted by atomic mass is 9.62. The molecule has 6 heteroatoms. The fourth-order valence-corrected chi connectivity index (χ4v) is 3.50. The zero-order valence-electron chi connectivity index (χ0n) is 12.4. The predicted molar refractivity (Wildman–Crippen MR) is 76.2 cm³/mol. The monoisotopic (exact) mass is 306 g/mol.